The molecule has 0 aromatic heterocycles. The number of amides is 1. The average molecular weight is 324 g/mol. The Hall–Kier alpha value is -0.830. The number of anilines is 1. The van der Waals surface area contributed by atoms with Crippen molar-refractivity contribution in [3.05, 3.63) is 28.2 Å². The van der Waals surface area contributed by atoms with Gasteiger partial charge in [0.25, 0.3) is 0 Å². The van der Waals surface area contributed by atoms with E-state index in [2.05, 4.69) is 21.2 Å². The first-order valence-corrected chi connectivity index (χ1v) is 8.00. The number of hydrogen-bond donors (Lipinski definition) is 1. The minimum Gasteiger partial charge on any atom is -0.325 e. The minimum absolute atomic E-state index is 0.134. The van der Waals surface area contributed by atoms with Crippen LogP contribution in [0.1, 0.15) is 50.5 Å². The van der Waals surface area contributed by atoms with Crippen LogP contribution in [0.4, 0.5) is 5.69 Å². The third kappa shape index (κ3) is 4.64. The second-order valence-electron chi connectivity index (χ2n) is 5.57. The van der Waals surface area contributed by atoms with Gasteiger partial charge in [-0.05, 0) is 52.9 Å². The molecule has 0 atom stereocenters. The van der Waals surface area contributed by atoms with Crippen molar-refractivity contribution in [3.8, 4) is 0 Å². The molecule has 1 aliphatic carbocycles. The van der Waals surface area contributed by atoms with Crippen molar-refractivity contribution in [1.29, 1.82) is 0 Å². The van der Waals surface area contributed by atoms with Gasteiger partial charge in [0.05, 0.1) is 5.69 Å². The van der Waals surface area contributed by atoms with Crippen LogP contribution in [-0.4, -0.2) is 5.91 Å². The predicted octanol–water partition coefficient (Wildman–Crippen LogP) is 5.06. The number of rotatable bonds is 4. The highest BCUT2D eigenvalue weighted by Crippen LogP contribution is 2.28. The lowest BCUT2D eigenvalue weighted by Crippen LogP contribution is -2.15. The van der Waals surface area contributed by atoms with Crippen molar-refractivity contribution >= 4 is 27.5 Å². The molecule has 1 N–H and O–H groups in total. The Balaban J connectivity index is 1.80. The molecule has 1 aromatic carbocycles. The summed E-state index contributed by atoms with van der Waals surface area (Å²) in [5.41, 5.74) is 2.06. The molecule has 104 valence electrons. The van der Waals surface area contributed by atoms with E-state index in [4.69, 9.17) is 0 Å². The monoisotopic (exact) mass is 323 g/mol. The lowest BCUT2D eigenvalue weighted by atomic mass is 9.86. The molecular formula is C16H22BrNO. The molecule has 2 rings (SSSR count). The molecule has 0 bridgehead atoms. The van der Waals surface area contributed by atoms with Crippen LogP contribution in [0.25, 0.3) is 0 Å². The topological polar surface area (TPSA) is 29.1 Å². The largest absolute Gasteiger partial charge is 0.325 e. The summed E-state index contributed by atoms with van der Waals surface area (Å²) in [4.78, 5) is 12.0. The molecule has 1 saturated carbocycles. The van der Waals surface area contributed by atoms with Gasteiger partial charge in [-0.25, -0.2) is 0 Å². The van der Waals surface area contributed by atoms with E-state index in [0.29, 0.717) is 6.42 Å². The van der Waals surface area contributed by atoms with Crippen LogP contribution < -0.4 is 5.32 Å². The molecule has 0 unspecified atom stereocenters. The van der Waals surface area contributed by atoms with Crippen molar-refractivity contribution in [2.45, 2.75) is 51.9 Å². The highest BCUT2D eigenvalue weighted by atomic mass is 79.9. The molecule has 19 heavy (non-hydrogen) atoms. The quantitative estimate of drug-likeness (QED) is 0.824. The highest BCUT2D eigenvalue weighted by molar-refractivity contribution is 9.10. The van der Waals surface area contributed by atoms with Crippen molar-refractivity contribution < 1.29 is 4.79 Å². The maximum atomic E-state index is 12.0. The molecule has 1 aliphatic rings. The summed E-state index contributed by atoms with van der Waals surface area (Å²) in [6.07, 6.45) is 8.36. The maximum absolute atomic E-state index is 12.0. The number of benzene rings is 1. The number of halogens is 1. The first-order valence-electron chi connectivity index (χ1n) is 7.21. The molecule has 1 fully saturated rings. The molecule has 1 aromatic rings. The van der Waals surface area contributed by atoms with Crippen LogP contribution in [0.5, 0.6) is 0 Å². The van der Waals surface area contributed by atoms with Crippen LogP contribution in [0.2, 0.25) is 0 Å². The zero-order valence-electron chi connectivity index (χ0n) is 11.5. The van der Waals surface area contributed by atoms with Gasteiger partial charge in [-0.15, -0.1) is 0 Å². The summed E-state index contributed by atoms with van der Waals surface area (Å²) < 4.78 is 0.957. The first-order chi connectivity index (χ1) is 9.15. The Bertz CT molecular complexity index is 438. The minimum atomic E-state index is 0.134. The van der Waals surface area contributed by atoms with Crippen LogP contribution in [0.15, 0.2) is 22.7 Å². The fourth-order valence-corrected chi connectivity index (χ4v) is 3.34. The Kier molecular flexibility index (Phi) is 5.44. The highest BCUT2D eigenvalue weighted by Gasteiger charge is 2.15. The number of nitrogens with one attached hydrogen (secondary N) is 1. The lowest BCUT2D eigenvalue weighted by molar-refractivity contribution is -0.116. The van der Waals surface area contributed by atoms with Gasteiger partial charge in [0.15, 0.2) is 0 Å². The molecule has 0 saturated heterocycles. The van der Waals surface area contributed by atoms with E-state index in [9.17, 15) is 4.79 Å². The van der Waals surface area contributed by atoms with E-state index < -0.39 is 0 Å². The molecule has 0 spiro atoms. The van der Waals surface area contributed by atoms with Crippen LogP contribution in [0.3, 0.4) is 0 Å². The van der Waals surface area contributed by atoms with Gasteiger partial charge in [0.1, 0.15) is 0 Å². The van der Waals surface area contributed by atoms with Gasteiger partial charge < -0.3 is 5.32 Å². The van der Waals surface area contributed by atoms with Gasteiger partial charge in [0, 0.05) is 10.9 Å². The predicted molar refractivity (Wildman–Crippen MR) is 83.3 cm³/mol. The summed E-state index contributed by atoms with van der Waals surface area (Å²) >= 11 is 3.49. The Morgan fingerprint density at radius 1 is 1.32 bits per heavy atom. The van der Waals surface area contributed by atoms with E-state index in [1.165, 1.54) is 37.7 Å². The summed E-state index contributed by atoms with van der Waals surface area (Å²) in [6, 6.07) is 6.00. The van der Waals surface area contributed by atoms with E-state index in [-0.39, 0.29) is 5.91 Å². The van der Waals surface area contributed by atoms with E-state index in [1.54, 1.807) is 0 Å². The number of carbonyl (C=O) groups excluding carboxylic acids is 1. The molecule has 0 heterocycles. The standard InChI is InChI=1S/C16H22BrNO/c1-12-7-9-15(14(17)11-12)18-16(19)10-8-13-5-3-2-4-6-13/h7,9,11,13H,2-6,8,10H2,1H3,(H,18,19). The first kappa shape index (κ1) is 14.6. The average Bonchev–Trinajstić information content (AvgIpc) is 2.41. The van der Waals surface area contributed by atoms with Crippen molar-refractivity contribution in [2.24, 2.45) is 5.92 Å². The number of carbonyl (C=O) groups is 1. The fraction of sp³-hybridized carbons (Fsp3) is 0.562. The van der Waals surface area contributed by atoms with Gasteiger partial charge in [-0.1, -0.05) is 38.2 Å². The van der Waals surface area contributed by atoms with Crippen molar-refractivity contribution in [1.82, 2.24) is 0 Å². The molecule has 0 radical (unpaired) electrons. The lowest BCUT2D eigenvalue weighted by Gasteiger charge is -2.21. The SMILES string of the molecule is Cc1ccc(NC(=O)CCC2CCCCC2)c(Br)c1. The van der Waals surface area contributed by atoms with E-state index in [0.717, 1.165) is 22.5 Å². The molecule has 0 aliphatic heterocycles. The smallest absolute Gasteiger partial charge is 0.224 e. The summed E-state index contributed by atoms with van der Waals surface area (Å²) in [5, 5.41) is 2.99. The third-order valence-corrected chi connectivity index (χ3v) is 4.56. The van der Waals surface area contributed by atoms with Gasteiger partial charge >= 0.3 is 0 Å². The Labute approximate surface area is 124 Å². The molecular weight excluding hydrogens is 302 g/mol. The Morgan fingerprint density at radius 2 is 2.05 bits per heavy atom. The van der Waals surface area contributed by atoms with Gasteiger partial charge in [-0.3, -0.25) is 4.79 Å². The van der Waals surface area contributed by atoms with E-state index >= 15 is 0 Å². The van der Waals surface area contributed by atoms with Gasteiger partial charge in [-0.2, -0.15) is 0 Å². The summed E-state index contributed by atoms with van der Waals surface area (Å²) in [7, 11) is 0. The molecule has 2 nitrogen and oxygen atoms in total. The summed E-state index contributed by atoms with van der Waals surface area (Å²) in [6.45, 7) is 2.04. The van der Waals surface area contributed by atoms with Crippen molar-refractivity contribution in [3.63, 3.8) is 0 Å². The van der Waals surface area contributed by atoms with Crippen LogP contribution in [-0.2, 0) is 4.79 Å². The normalized spacial score (nSPS) is 16.3. The summed E-state index contributed by atoms with van der Waals surface area (Å²) in [5.74, 6) is 0.899. The second kappa shape index (κ2) is 7.09. The third-order valence-electron chi connectivity index (χ3n) is 3.90. The zero-order valence-corrected chi connectivity index (χ0v) is 13.1. The van der Waals surface area contributed by atoms with Crippen LogP contribution in [0, 0.1) is 12.8 Å². The van der Waals surface area contributed by atoms with Crippen molar-refractivity contribution in [2.75, 3.05) is 5.32 Å². The number of aryl methyl sites for hydroxylation is 1. The van der Waals surface area contributed by atoms with Crippen LogP contribution >= 0.6 is 15.9 Å². The zero-order chi connectivity index (χ0) is 13.7. The van der Waals surface area contributed by atoms with Gasteiger partial charge in [0.2, 0.25) is 5.91 Å². The molecule has 1 amide bonds. The van der Waals surface area contributed by atoms with E-state index in [1.807, 2.05) is 25.1 Å². The Morgan fingerprint density at radius 3 is 2.74 bits per heavy atom. The number of hydrogen-bond acceptors (Lipinski definition) is 1. The maximum Gasteiger partial charge on any atom is 0.224 e. The fourth-order valence-electron chi connectivity index (χ4n) is 2.75. The molecule has 3 heteroatoms. The second-order valence-corrected chi connectivity index (χ2v) is 6.43.